The molecule has 0 amide bonds. The third-order valence-corrected chi connectivity index (χ3v) is 3.61. The van der Waals surface area contributed by atoms with E-state index in [1.807, 2.05) is 30.3 Å². The summed E-state index contributed by atoms with van der Waals surface area (Å²) in [5, 5.41) is 17.8. The summed E-state index contributed by atoms with van der Waals surface area (Å²) >= 11 is 0. The van der Waals surface area contributed by atoms with E-state index in [-0.39, 0.29) is 24.2 Å². The van der Waals surface area contributed by atoms with Gasteiger partial charge in [0.2, 0.25) is 0 Å². The van der Waals surface area contributed by atoms with Gasteiger partial charge in [-0.1, -0.05) is 42.5 Å². The summed E-state index contributed by atoms with van der Waals surface area (Å²) in [5.41, 5.74) is 14.0. The minimum absolute atomic E-state index is 0.114. The predicted molar refractivity (Wildman–Crippen MR) is 92.4 cm³/mol. The second kappa shape index (κ2) is 6.97. The average molecular weight is 322 g/mol. The Hall–Kier alpha value is -3.12. The van der Waals surface area contributed by atoms with Crippen LogP contribution in [0.1, 0.15) is 11.6 Å². The van der Waals surface area contributed by atoms with Crippen molar-refractivity contribution < 1.29 is 9.84 Å². The summed E-state index contributed by atoms with van der Waals surface area (Å²) in [6.45, 7) is 0.250. The first kappa shape index (κ1) is 15.8. The van der Waals surface area contributed by atoms with Crippen LogP contribution in [0.3, 0.4) is 0 Å². The molecule has 0 aliphatic carbocycles. The van der Waals surface area contributed by atoms with E-state index >= 15 is 0 Å². The Morgan fingerprint density at radius 2 is 1.71 bits per heavy atom. The standard InChI is InChI=1S/C18H18N4O2/c19-14(12-6-2-1-3-7-12)11-24-17-10-15(21-22-18(17)20)13-8-4-5-9-16(13)23/h1-10,14,23H,11,19H2,(H2,20,22). The van der Waals surface area contributed by atoms with E-state index in [0.29, 0.717) is 17.0 Å². The zero-order chi connectivity index (χ0) is 16.9. The number of hydrogen-bond donors (Lipinski definition) is 3. The van der Waals surface area contributed by atoms with Crippen LogP contribution in [-0.2, 0) is 0 Å². The molecule has 2 aromatic carbocycles. The van der Waals surface area contributed by atoms with E-state index in [9.17, 15) is 5.11 Å². The lowest BCUT2D eigenvalue weighted by Crippen LogP contribution is -2.19. The molecule has 6 heteroatoms. The molecule has 24 heavy (non-hydrogen) atoms. The van der Waals surface area contributed by atoms with Gasteiger partial charge < -0.3 is 21.3 Å². The van der Waals surface area contributed by atoms with Crippen LogP contribution in [0, 0.1) is 0 Å². The number of nitrogen functional groups attached to an aromatic ring is 1. The van der Waals surface area contributed by atoms with Gasteiger partial charge in [-0.25, -0.2) is 0 Å². The Balaban J connectivity index is 1.79. The minimum atomic E-state index is -0.285. The highest BCUT2D eigenvalue weighted by molar-refractivity contribution is 5.68. The van der Waals surface area contributed by atoms with Gasteiger partial charge in [0.05, 0.1) is 6.04 Å². The summed E-state index contributed by atoms with van der Waals surface area (Å²) < 4.78 is 5.72. The zero-order valence-electron chi connectivity index (χ0n) is 13.0. The van der Waals surface area contributed by atoms with E-state index in [4.69, 9.17) is 16.2 Å². The molecule has 0 saturated heterocycles. The summed E-state index contributed by atoms with van der Waals surface area (Å²) in [6.07, 6.45) is 0. The summed E-state index contributed by atoms with van der Waals surface area (Å²) in [5.74, 6) is 0.674. The van der Waals surface area contributed by atoms with Gasteiger partial charge in [-0.2, -0.15) is 0 Å². The number of benzene rings is 2. The third kappa shape index (κ3) is 3.44. The Morgan fingerprint density at radius 1 is 1.00 bits per heavy atom. The van der Waals surface area contributed by atoms with Crippen molar-refractivity contribution in [2.24, 2.45) is 5.73 Å². The SMILES string of the molecule is Nc1nnc(-c2ccccc2O)cc1OCC(N)c1ccccc1. The molecule has 0 aliphatic heterocycles. The van der Waals surface area contributed by atoms with Crippen molar-refractivity contribution in [3.05, 3.63) is 66.2 Å². The summed E-state index contributed by atoms with van der Waals surface area (Å²) in [7, 11) is 0. The first-order valence-corrected chi connectivity index (χ1v) is 7.50. The lowest BCUT2D eigenvalue weighted by molar-refractivity contribution is 0.291. The first-order valence-electron chi connectivity index (χ1n) is 7.50. The van der Waals surface area contributed by atoms with Crippen LogP contribution in [0.5, 0.6) is 11.5 Å². The molecule has 3 aromatic rings. The Labute approximate surface area is 139 Å². The van der Waals surface area contributed by atoms with Crippen LogP contribution in [0.15, 0.2) is 60.7 Å². The smallest absolute Gasteiger partial charge is 0.188 e. The van der Waals surface area contributed by atoms with Gasteiger partial charge in [0, 0.05) is 11.6 Å². The van der Waals surface area contributed by atoms with Crippen molar-refractivity contribution >= 4 is 5.82 Å². The number of ether oxygens (including phenoxy) is 1. The van der Waals surface area contributed by atoms with Crippen molar-refractivity contribution in [2.45, 2.75) is 6.04 Å². The maximum atomic E-state index is 9.93. The lowest BCUT2D eigenvalue weighted by Gasteiger charge is -2.15. The molecular weight excluding hydrogens is 304 g/mol. The monoisotopic (exact) mass is 322 g/mol. The Kier molecular flexibility index (Phi) is 4.58. The molecule has 1 heterocycles. The number of para-hydroxylation sites is 1. The zero-order valence-corrected chi connectivity index (χ0v) is 13.0. The fourth-order valence-electron chi connectivity index (χ4n) is 2.30. The molecule has 0 saturated carbocycles. The number of phenols is 1. The van der Waals surface area contributed by atoms with Crippen molar-refractivity contribution in [3.63, 3.8) is 0 Å². The predicted octanol–water partition coefficient (Wildman–Crippen LogP) is 2.51. The molecule has 122 valence electrons. The van der Waals surface area contributed by atoms with Crippen LogP contribution in [0.4, 0.5) is 5.82 Å². The van der Waals surface area contributed by atoms with Crippen molar-refractivity contribution in [1.82, 2.24) is 10.2 Å². The van der Waals surface area contributed by atoms with Crippen LogP contribution < -0.4 is 16.2 Å². The quantitative estimate of drug-likeness (QED) is 0.666. The highest BCUT2D eigenvalue weighted by Gasteiger charge is 2.12. The molecule has 6 nitrogen and oxygen atoms in total. The number of aromatic nitrogens is 2. The van der Waals surface area contributed by atoms with Gasteiger partial charge in [-0.15, -0.1) is 10.2 Å². The van der Waals surface area contributed by atoms with Crippen LogP contribution in [-0.4, -0.2) is 21.9 Å². The van der Waals surface area contributed by atoms with E-state index < -0.39 is 0 Å². The van der Waals surface area contributed by atoms with Gasteiger partial charge >= 0.3 is 0 Å². The second-order valence-electron chi connectivity index (χ2n) is 5.32. The topological polar surface area (TPSA) is 107 Å². The molecule has 0 fully saturated rings. The molecule has 0 spiro atoms. The van der Waals surface area contributed by atoms with Crippen molar-refractivity contribution in [1.29, 1.82) is 0 Å². The van der Waals surface area contributed by atoms with E-state index in [1.54, 1.807) is 30.3 Å². The summed E-state index contributed by atoms with van der Waals surface area (Å²) in [4.78, 5) is 0. The third-order valence-electron chi connectivity index (χ3n) is 3.61. The number of hydrogen-bond acceptors (Lipinski definition) is 6. The number of phenolic OH excluding ortho intramolecular Hbond substituents is 1. The van der Waals surface area contributed by atoms with E-state index in [2.05, 4.69) is 10.2 Å². The molecule has 5 N–H and O–H groups in total. The van der Waals surface area contributed by atoms with Crippen LogP contribution in [0.2, 0.25) is 0 Å². The number of nitrogens with zero attached hydrogens (tertiary/aromatic N) is 2. The van der Waals surface area contributed by atoms with E-state index in [0.717, 1.165) is 5.56 Å². The number of aromatic hydroxyl groups is 1. The lowest BCUT2D eigenvalue weighted by atomic mass is 10.1. The maximum absolute atomic E-state index is 9.93. The number of nitrogens with two attached hydrogens (primary N) is 2. The fourth-order valence-corrected chi connectivity index (χ4v) is 2.30. The fraction of sp³-hybridized carbons (Fsp3) is 0.111. The molecule has 1 unspecified atom stereocenters. The molecule has 3 rings (SSSR count). The number of rotatable bonds is 5. The minimum Gasteiger partial charge on any atom is -0.507 e. The van der Waals surface area contributed by atoms with E-state index in [1.165, 1.54) is 0 Å². The molecule has 0 aliphatic rings. The molecule has 0 bridgehead atoms. The average Bonchev–Trinajstić information content (AvgIpc) is 2.62. The summed E-state index contributed by atoms with van der Waals surface area (Å²) in [6, 6.07) is 17.9. The van der Waals surface area contributed by atoms with Crippen molar-refractivity contribution in [2.75, 3.05) is 12.3 Å². The van der Waals surface area contributed by atoms with Gasteiger partial charge in [0.15, 0.2) is 11.6 Å². The largest absolute Gasteiger partial charge is 0.507 e. The van der Waals surface area contributed by atoms with Gasteiger partial charge in [0.1, 0.15) is 18.1 Å². The molecular formula is C18H18N4O2. The second-order valence-corrected chi connectivity index (χ2v) is 5.32. The van der Waals surface area contributed by atoms with Gasteiger partial charge in [0.25, 0.3) is 0 Å². The van der Waals surface area contributed by atoms with Crippen molar-refractivity contribution in [3.8, 4) is 22.8 Å². The van der Waals surface area contributed by atoms with Gasteiger partial charge in [-0.3, -0.25) is 0 Å². The van der Waals surface area contributed by atoms with Gasteiger partial charge in [-0.05, 0) is 17.7 Å². The Bertz CT molecular complexity index is 824. The van der Waals surface area contributed by atoms with Crippen LogP contribution in [0.25, 0.3) is 11.3 Å². The first-order chi connectivity index (χ1) is 11.6. The highest BCUT2D eigenvalue weighted by atomic mass is 16.5. The number of anilines is 1. The molecule has 1 aromatic heterocycles. The molecule has 0 radical (unpaired) electrons. The highest BCUT2D eigenvalue weighted by Crippen LogP contribution is 2.30. The van der Waals surface area contributed by atoms with Crippen LogP contribution >= 0.6 is 0 Å². The maximum Gasteiger partial charge on any atom is 0.188 e. The molecule has 1 atom stereocenters. The normalized spacial score (nSPS) is 11.9. The Morgan fingerprint density at radius 3 is 2.46 bits per heavy atom.